The molecule has 2 nitrogen and oxygen atoms in total. The van der Waals surface area contributed by atoms with Crippen molar-refractivity contribution < 1.29 is 0 Å². The van der Waals surface area contributed by atoms with Gasteiger partial charge in [-0.15, -0.1) is 0 Å². The SMILES string of the molecule is CC1CC(C)(C)CC(CN)(N2CCCC(C)C2C)C1. The van der Waals surface area contributed by atoms with Crippen LogP contribution in [0.2, 0.25) is 0 Å². The molecule has 0 radical (unpaired) electrons. The standard InChI is InChI=1S/C17H34N2/c1-13-9-16(4,5)11-17(10-13,12-18)19-8-6-7-14(2)15(19)3/h13-15H,6-12,18H2,1-5H3. The summed E-state index contributed by atoms with van der Waals surface area (Å²) in [7, 11) is 0. The number of piperidine rings is 1. The Labute approximate surface area is 120 Å². The topological polar surface area (TPSA) is 29.3 Å². The van der Waals surface area contributed by atoms with Crippen LogP contribution < -0.4 is 5.73 Å². The molecule has 2 N–H and O–H groups in total. The molecule has 0 amide bonds. The van der Waals surface area contributed by atoms with Gasteiger partial charge in [0.1, 0.15) is 0 Å². The minimum Gasteiger partial charge on any atom is -0.329 e. The molecule has 1 aliphatic heterocycles. The number of rotatable bonds is 2. The lowest BCUT2D eigenvalue weighted by molar-refractivity contribution is -0.0590. The minimum atomic E-state index is 0.259. The fraction of sp³-hybridized carbons (Fsp3) is 1.00. The van der Waals surface area contributed by atoms with Gasteiger partial charge in [0.2, 0.25) is 0 Å². The average Bonchev–Trinajstić information content (AvgIpc) is 2.30. The molecule has 2 aliphatic rings. The van der Waals surface area contributed by atoms with Crippen molar-refractivity contribution in [3.63, 3.8) is 0 Å². The third-order valence-electron chi connectivity index (χ3n) is 5.80. The summed E-state index contributed by atoms with van der Waals surface area (Å²) in [5.74, 6) is 1.62. The number of likely N-dealkylation sites (tertiary alicyclic amines) is 1. The fourth-order valence-electron chi connectivity index (χ4n) is 5.20. The van der Waals surface area contributed by atoms with Crippen LogP contribution in [-0.4, -0.2) is 29.6 Å². The van der Waals surface area contributed by atoms with Gasteiger partial charge >= 0.3 is 0 Å². The molecule has 0 aromatic heterocycles. The van der Waals surface area contributed by atoms with Crippen LogP contribution in [0.5, 0.6) is 0 Å². The zero-order valence-corrected chi connectivity index (χ0v) is 13.7. The van der Waals surface area contributed by atoms with Crippen LogP contribution in [0.25, 0.3) is 0 Å². The van der Waals surface area contributed by atoms with Crippen molar-refractivity contribution in [2.45, 2.75) is 78.3 Å². The van der Waals surface area contributed by atoms with Crippen LogP contribution in [0, 0.1) is 17.3 Å². The monoisotopic (exact) mass is 266 g/mol. The molecular formula is C17H34N2. The molecule has 0 aromatic carbocycles. The van der Waals surface area contributed by atoms with Gasteiger partial charge in [0.15, 0.2) is 0 Å². The van der Waals surface area contributed by atoms with Gasteiger partial charge in [-0.3, -0.25) is 4.90 Å². The van der Waals surface area contributed by atoms with Crippen molar-refractivity contribution in [3.05, 3.63) is 0 Å². The Balaban J connectivity index is 2.25. The Bertz CT molecular complexity index is 312. The van der Waals surface area contributed by atoms with E-state index in [1.165, 1.54) is 38.6 Å². The second-order valence-electron chi connectivity index (χ2n) is 8.34. The Morgan fingerprint density at radius 2 is 1.84 bits per heavy atom. The minimum absolute atomic E-state index is 0.259. The lowest BCUT2D eigenvalue weighted by atomic mass is 9.62. The van der Waals surface area contributed by atoms with Crippen LogP contribution >= 0.6 is 0 Å². The van der Waals surface area contributed by atoms with Crippen molar-refractivity contribution in [2.75, 3.05) is 13.1 Å². The molecule has 1 heterocycles. The molecule has 0 bridgehead atoms. The molecule has 1 saturated carbocycles. The van der Waals surface area contributed by atoms with Crippen LogP contribution in [0.1, 0.15) is 66.7 Å². The third kappa shape index (κ3) is 3.00. The van der Waals surface area contributed by atoms with Gasteiger partial charge in [-0.05, 0) is 62.8 Å². The van der Waals surface area contributed by atoms with Gasteiger partial charge in [-0.25, -0.2) is 0 Å². The first kappa shape index (κ1) is 15.3. The highest BCUT2D eigenvalue weighted by molar-refractivity contribution is 5.03. The van der Waals surface area contributed by atoms with Gasteiger partial charge in [0.25, 0.3) is 0 Å². The Morgan fingerprint density at radius 1 is 1.16 bits per heavy atom. The summed E-state index contributed by atoms with van der Waals surface area (Å²) in [6, 6.07) is 0.693. The van der Waals surface area contributed by atoms with Crippen molar-refractivity contribution in [2.24, 2.45) is 23.0 Å². The molecule has 112 valence electrons. The summed E-state index contributed by atoms with van der Waals surface area (Å²) >= 11 is 0. The summed E-state index contributed by atoms with van der Waals surface area (Å²) in [5, 5.41) is 0. The summed E-state index contributed by atoms with van der Waals surface area (Å²) in [5.41, 5.74) is 7.02. The third-order valence-corrected chi connectivity index (χ3v) is 5.80. The van der Waals surface area contributed by atoms with E-state index >= 15 is 0 Å². The number of hydrogen-bond donors (Lipinski definition) is 1. The normalized spacial score (nSPS) is 44.2. The average molecular weight is 266 g/mol. The fourth-order valence-corrected chi connectivity index (χ4v) is 5.20. The van der Waals surface area contributed by atoms with E-state index in [0.29, 0.717) is 11.5 Å². The summed E-state index contributed by atoms with van der Waals surface area (Å²) < 4.78 is 0. The Hall–Kier alpha value is -0.0800. The lowest BCUT2D eigenvalue weighted by Gasteiger charge is -2.57. The molecule has 19 heavy (non-hydrogen) atoms. The maximum absolute atomic E-state index is 6.32. The molecule has 2 fully saturated rings. The molecule has 1 aliphatic carbocycles. The molecule has 2 heteroatoms. The van der Waals surface area contributed by atoms with Gasteiger partial charge in [-0.2, -0.15) is 0 Å². The Kier molecular flexibility index (Phi) is 4.32. The molecule has 2 rings (SSSR count). The molecule has 0 aromatic rings. The van der Waals surface area contributed by atoms with E-state index in [2.05, 4.69) is 39.5 Å². The Morgan fingerprint density at radius 3 is 2.42 bits per heavy atom. The van der Waals surface area contributed by atoms with Gasteiger partial charge in [0, 0.05) is 18.1 Å². The predicted molar refractivity (Wildman–Crippen MR) is 83.1 cm³/mol. The van der Waals surface area contributed by atoms with Crippen molar-refractivity contribution in [1.29, 1.82) is 0 Å². The maximum Gasteiger partial charge on any atom is 0.0342 e. The number of nitrogens with zero attached hydrogens (tertiary/aromatic N) is 1. The highest BCUT2D eigenvalue weighted by Crippen LogP contribution is 2.48. The van der Waals surface area contributed by atoms with E-state index in [9.17, 15) is 0 Å². The first-order valence-electron chi connectivity index (χ1n) is 8.26. The van der Waals surface area contributed by atoms with Crippen molar-refractivity contribution in [3.8, 4) is 0 Å². The zero-order chi connectivity index (χ0) is 14.3. The molecule has 0 spiro atoms. The van der Waals surface area contributed by atoms with Crippen LogP contribution in [0.3, 0.4) is 0 Å². The van der Waals surface area contributed by atoms with Crippen LogP contribution in [0.15, 0.2) is 0 Å². The van der Waals surface area contributed by atoms with E-state index < -0.39 is 0 Å². The van der Waals surface area contributed by atoms with E-state index in [1.807, 2.05) is 0 Å². The molecular weight excluding hydrogens is 232 g/mol. The largest absolute Gasteiger partial charge is 0.329 e. The van der Waals surface area contributed by atoms with Gasteiger partial charge < -0.3 is 5.73 Å². The van der Waals surface area contributed by atoms with E-state index in [-0.39, 0.29) is 5.54 Å². The van der Waals surface area contributed by atoms with E-state index in [4.69, 9.17) is 5.73 Å². The highest BCUT2D eigenvalue weighted by Gasteiger charge is 2.48. The quantitative estimate of drug-likeness (QED) is 0.826. The van der Waals surface area contributed by atoms with E-state index in [1.54, 1.807) is 0 Å². The molecule has 4 atom stereocenters. The van der Waals surface area contributed by atoms with Crippen molar-refractivity contribution in [1.82, 2.24) is 4.90 Å². The van der Waals surface area contributed by atoms with Crippen LogP contribution in [-0.2, 0) is 0 Å². The highest BCUT2D eigenvalue weighted by atomic mass is 15.2. The first-order chi connectivity index (χ1) is 8.80. The van der Waals surface area contributed by atoms with Crippen LogP contribution in [0.4, 0.5) is 0 Å². The summed E-state index contributed by atoms with van der Waals surface area (Å²) in [6.45, 7) is 14.2. The lowest BCUT2D eigenvalue weighted by Crippen LogP contribution is -2.63. The second-order valence-corrected chi connectivity index (χ2v) is 8.34. The number of hydrogen-bond acceptors (Lipinski definition) is 2. The zero-order valence-electron chi connectivity index (χ0n) is 13.7. The summed E-state index contributed by atoms with van der Waals surface area (Å²) in [6.07, 6.45) is 6.66. The maximum atomic E-state index is 6.32. The van der Waals surface area contributed by atoms with Gasteiger partial charge in [-0.1, -0.05) is 27.7 Å². The smallest absolute Gasteiger partial charge is 0.0342 e. The summed E-state index contributed by atoms with van der Waals surface area (Å²) in [4.78, 5) is 2.79. The second kappa shape index (κ2) is 5.37. The molecule has 1 saturated heterocycles. The van der Waals surface area contributed by atoms with Gasteiger partial charge in [0.05, 0.1) is 0 Å². The molecule has 4 unspecified atom stereocenters. The predicted octanol–water partition coefficient (Wildman–Crippen LogP) is 3.65. The number of nitrogens with two attached hydrogens (primary N) is 1. The van der Waals surface area contributed by atoms with Crippen molar-refractivity contribution >= 4 is 0 Å². The van der Waals surface area contributed by atoms with E-state index in [0.717, 1.165) is 18.4 Å². The first-order valence-corrected chi connectivity index (χ1v) is 8.26.